The van der Waals surface area contributed by atoms with E-state index in [9.17, 15) is 27.2 Å². The minimum absolute atomic E-state index is 0.528. The van der Waals surface area contributed by atoms with Gasteiger partial charge in [0, 0.05) is 0 Å². The van der Waals surface area contributed by atoms with E-state index in [1.165, 1.54) is 0 Å². The van der Waals surface area contributed by atoms with Crippen molar-refractivity contribution in [3.8, 4) is 11.5 Å². The molecule has 0 spiro atoms. The van der Waals surface area contributed by atoms with Crippen molar-refractivity contribution in [1.29, 1.82) is 0 Å². The summed E-state index contributed by atoms with van der Waals surface area (Å²) in [6.07, 6.45) is 0. The van der Waals surface area contributed by atoms with Crippen LogP contribution in [-0.2, 0) is 0 Å². The van der Waals surface area contributed by atoms with Crippen molar-refractivity contribution >= 4 is 11.9 Å². The molecule has 26 heavy (non-hydrogen) atoms. The predicted octanol–water partition coefficient (Wildman–Crippen LogP) is 3.10. The first-order valence-electron chi connectivity index (χ1n) is 6.91. The van der Waals surface area contributed by atoms with Crippen molar-refractivity contribution in [2.45, 2.75) is 0 Å². The highest BCUT2D eigenvalue weighted by Gasteiger charge is 2.18. The second-order valence-corrected chi connectivity index (χ2v) is 4.85. The van der Waals surface area contributed by atoms with Gasteiger partial charge in [0.05, 0.1) is 11.1 Å². The molecule has 2 rings (SSSR count). The summed E-state index contributed by atoms with van der Waals surface area (Å²) in [5.41, 5.74) is -1.24. The molecule has 0 amide bonds. The van der Waals surface area contributed by atoms with Crippen LogP contribution in [0.2, 0.25) is 0 Å². The van der Waals surface area contributed by atoms with Crippen LogP contribution in [0.5, 0.6) is 11.5 Å². The van der Waals surface area contributed by atoms with E-state index in [2.05, 4.69) is 0 Å². The van der Waals surface area contributed by atoms with Gasteiger partial charge in [-0.1, -0.05) is 0 Å². The van der Waals surface area contributed by atoms with Gasteiger partial charge in [0.25, 0.3) is 0 Å². The molecule has 0 aromatic heterocycles. The van der Waals surface area contributed by atoms with Gasteiger partial charge in [0.15, 0.2) is 34.8 Å². The minimum Gasteiger partial charge on any atom is -0.484 e. The normalized spacial score (nSPS) is 10.5. The lowest BCUT2D eigenvalue weighted by atomic mass is 10.2. The van der Waals surface area contributed by atoms with Gasteiger partial charge in [-0.15, -0.1) is 0 Å². The zero-order valence-electron chi connectivity index (χ0n) is 12.8. The van der Waals surface area contributed by atoms with Crippen LogP contribution in [0.3, 0.4) is 0 Å². The van der Waals surface area contributed by atoms with Gasteiger partial charge in [-0.2, -0.15) is 0 Å². The van der Waals surface area contributed by atoms with Crippen molar-refractivity contribution in [3.63, 3.8) is 0 Å². The Labute approximate surface area is 143 Å². The van der Waals surface area contributed by atoms with Crippen LogP contribution in [0.4, 0.5) is 17.6 Å². The lowest BCUT2D eigenvalue weighted by Gasteiger charge is -2.11. The van der Waals surface area contributed by atoms with Gasteiger partial charge < -0.3 is 19.7 Å². The third-order valence-corrected chi connectivity index (χ3v) is 3.07. The summed E-state index contributed by atoms with van der Waals surface area (Å²) in [6, 6.07) is 2.19. The first-order chi connectivity index (χ1) is 12.2. The van der Waals surface area contributed by atoms with Crippen LogP contribution in [-0.4, -0.2) is 35.4 Å². The molecule has 10 heteroatoms. The molecule has 6 nitrogen and oxygen atoms in total. The van der Waals surface area contributed by atoms with Crippen molar-refractivity contribution in [2.24, 2.45) is 0 Å². The number of carbonyl (C=O) groups is 2. The first kappa shape index (κ1) is 19.0. The smallest absolute Gasteiger partial charge is 0.335 e. The minimum atomic E-state index is -1.53. The summed E-state index contributed by atoms with van der Waals surface area (Å²) < 4.78 is 64.0. The molecule has 0 bridgehead atoms. The molecule has 0 atom stereocenters. The van der Waals surface area contributed by atoms with Gasteiger partial charge >= 0.3 is 11.9 Å². The zero-order chi connectivity index (χ0) is 19.4. The molecule has 0 saturated heterocycles. The molecule has 138 valence electrons. The molecule has 0 aliphatic heterocycles. The Kier molecular flexibility index (Phi) is 5.65. The van der Waals surface area contributed by atoms with E-state index in [0.29, 0.717) is 24.3 Å². The number of halogens is 4. The van der Waals surface area contributed by atoms with Crippen LogP contribution >= 0.6 is 0 Å². The highest BCUT2D eigenvalue weighted by Crippen LogP contribution is 2.25. The van der Waals surface area contributed by atoms with Gasteiger partial charge in [0.2, 0.25) is 0 Å². The Balaban J connectivity index is 2.02. The number of carboxylic acid groups (broad SMARTS) is 2. The number of rotatable bonds is 7. The van der Waals surface area contributed by atoms with Crippen molar-refractivity contribution in [1.82, 2.24) is 0 Å². The van der Waals surface area contributed by atoms with Crippen molar-refractivity contribution in [3.05, 3.63) is 58.7 Å². The Morgan fingerprint density at radius 3 is 1.19 bits per heavy atom. The maximum atomic E-state index is 13.6. The molecular weight excluding hydrogens is 364 g/mol. The Morgan fingerprint density at radius 1 is 0.692 bits per heavy atom. The predicted molar refractivity (Wildman–Crippen MR) is 77.6 cm³/mol. The third-order valence-electron chi connectivity index (χ3n) is 3.07. The van der Waals surface area contributed by atoms with E-state index in [-0.39, 0.29) is 0 Å². The van der Waals surface area contributed by atoms with E-state index in [1.807, 2.05) is 0 Å². The van der Waals surface area contributed by atoms with Crippen molar-refractivity contribution in [2.75, 3.05) is 13.2 Å². The number of benzene rings is 2. The molecule has 2 aromatic carbocycles. The molecular formula is C16H10F4O6. The average Bonchev–Trinajstić information content (AvgIpc) is 2.54. The summed E-state index contributed by atoms with van der Waals surface area (Å²) in [5.74, 6) is -9.91. The Morgan fingerprint density at radius 2 is 0.962 bits per heavy atom. The average molecular weight is 374 g/mol. The lowest BCUT2D eigenvalue weighted by Crippen LogP contribution is -2.13. The Bertz CT molecular complexity index is 750. The first-order valence-corrected chi connectivity index (χ1v) is 6.91. The van der Waals surface area contributed by atoms with Gasteiger partial charge in [-0.05, 0) is 24.3 Å². The van der Waals surface area contributed by atoms with Gasteiger partial charge in [-0.25, -0.2) is 27.2 Å². The third kappa shape index (κ3) is 4.21. The van der Waals surface area contributed by atoms with E-state index < -0.39 is 71.0 Å². The molecule has 2 aromatic rings. The van der Waals surface area contributed by atoms with Crippen LogP contribution in [0, 0.1) is 23.3 Å². The molecule has 0 saturated carbocycles. The standard InChI is InChI=1S/C16H10F4O6/c17-9-3-7(15(21)22)4-10(18)13(9)25-1-2-26-14-11(19)5-8(16(23)24)6-12(14)20/h3-6H,1-2H2,(H,21,22)(H,23,24). The van der Waals surface area contributed by atoms with Crippen molar-refractivity contribution < 1.29 is 46.8 Å². The molecule has 0 heterocycles. The van der Waals surface area contributed by atoms with Gasteiger partial charge in [0.1, 0.15) is 13.2 Å². The molecule has 2 N–H and O–H groups in total. The summed E-state index contributed by atoms with van der Waals surface area (Å²) >= 11 is 0. The van der Waals surface area contributed by atoms with E-state index in [0.717, 1.165) is 0 Å². The quantitative estimate of drug-likeness (QED) is 0.572. The fourth-order valence-corrected chi connectivity index (χ4v) is 1.93. The van der Waals surface area contributed by atoms with Crippen LogP contribution in [0.15, 0.2) is 24.3 Å². The maximum absolute atomic E-state index is 13.6. The fourth-order valence-electron chi connectivity index (χ4n) is 1.93. The maximum Gasteiger partial charge on any atom is 0.335 e. The van der Waals surface area contributed by atoms with Crippen LogP contribution < -0.4 is 9.47 Å². The van der Waals surface area contributed by atoms with Gasteiger partial charge in [-0.3, -0.25) is 0 Å². The topological polar surface area (TPSA) is 93.1 Å². The molecule has 0 fully saturated rings. The Hall–Kier alpha value is -3.30. The second-order valence-electron chi connectivity index (χ2n) is 4.85. The number of hydrogen-bond donors (Lipinski definition) is 2. The lowest BCUT2D eigenvalue weighted by molar-refractivity contribution is 0.0684. The van der Waals surface area contributed by atoms with E-state index in [1.54, 1.807) is 0 Å². The second kappa shape index (κ2) is 7.72. The zero-order valence-corrected chi connectivity index (χ0v) is 12.8. The number of aromatic carboxylic acids is 2. The molecule has 0 radical (unpaired) electrons. The number of hydrogen-bond acceptors (Lipinski definition) is 4. The van der Waals surface area contributed by atoms with E-state index in [4.69, 9.17) is 19.7 Å². The highest BCUT2D eigenvalue weighted by molar-refractivity contribution is 5.88. The highest BCUT2D eigenvalue weighted by atomic mass is 19.1. The fraction of sp³-hybridized carbons (Fsp3) is 0.125. The summed E-state index contributed by atoms with van der Waals surface area (Å²) in [5, 5.41) is 17.3. The molecule has 0 aliphatic rings. The monoisotopic (exact) mass is 374 g/mol. The SMILES string of the molecule is O=C(O)c1cc(F)c(OCCOc2c(F)cc(C(=O)O)cc2F)c(F)c1. The summed E-state index contributed by atoms with van der Waals surface area (Å²) in [6.45, 7) is -1.06. The molecule has 0 aliphatic carbocycles. The molecule has 0 unspecified atom stereocenters. The number of ether oxygens (including phenoxy) is 2. The number of carboxylic acids is 2. The largest absolute Gasteiger partial charge is 0.484 e. The summed E-state index contributed by atoms with van der Waals surface area (Å²) in [4.78, 5) is 21.3. The van der Waals surface area contributed by atoms with E-state index >= 15 is 0 Å². The van der Waals surface area contributed by atoms with Crippen LogP contribution in [0.25, 0.3) is 0 Å². The van der Waals surface area contributed by atoms with Crippen LogP contribution in [0.1, 0.15) is 20.7 Å². The summed E-state index contributed by atoms with van der Waals surface area (Å²) in [7, 11) is 0.